The Morgan fingerprint density at radius 3 is 2.19 bits per heavy atom. The van der Waals surface area contributed by atoms with Crippen molar-refractivity contribution in [3.8, 4) is 40.3 Å². The first-order valence-electron chi connectivity index (χ1n) is 12.5. The van der Waals surface area contributed by atoms with E-state index < -0.39 is 5.41 Å². The number of hydrogen-bond acceptors (Lipinski definition) is 6. The Bertz CT molecular complexity index is 1430. The first-order valence-corrected chi connectivity index (χ1v) is 12.5. The molecule has 0 saturated carbocycles. The Balaban J connectivity index is 0.000000396. The Morgan fingerprint density at radius 2 is 1.65 bits per heavy atom. The highest BCUT2D eigenvalue weighted by Gasteiger charge is 2.22. The molecule has 0 amide bonds. The van der Waals surface area contributed by atoms with E-state index in [0.717, 1.165) is 27.9 Å². The fourth-order valence-corrected chi connectivity index (χ4v) is 4.47. The molecule has 5 rings (SSSR count). The molecule has 4 heterocycles. The highest BCUT2D eigenvalue weighted by Crippen LogP contribution is 2.38. The molecule has 0 atom stereocenters. The number of benzene rings is 1. The molecular weight excluding hydrogens is 460 g/mol. The molecule has 1 aliphatic heterocycles. The molecule has 7 nitrogen and oxygen atoms in total. The van der Waals surface area contributed by atoms with E-state index >= 15 is 0 Å². The number of methoxy groups -OCH3 is 1. The number of nitrogens with zero attached hydrogens (tertiary/aromatic N) is 6. The van der Waals surface area contributed by atoms with E-state index in [9.17, 15) is 5.26 Å². The van der Waals surface area contributed by atoms with E-state index in [4.69, 9.17) is 10.00 Å². The van der Waals surface area contributed by atoms with Crippen LogP contribution in [-0.4, -0.2) is 46.5 Å². The Hall–Kier alpha value is -4.20. The van der Waals surface area contributed by atoms with Gasteiger partial charge in [-0.3, -0.25) is 9.38 Å². The average molecular weight is 493 g/mol. The number of nitriles is 2. The summed E-state index contributed by atoms with van der Waals surface area (Å²) in [5.41, 5.74) is 5.14. The summed E-state index contributed by atoms with van der Waals surface area (Å²) in [5, 5.41) is 18.5. The van der Waals surface area contributed by atoms with Gasteiger partial charge in [-0.25, -0.2) is 4.98 Å². The Labute approximate surface area is 218 Å². The maximum atomic E-state index is 9.40. The number of ether oxygens (including phenoxy) is 1. The summed E-state index contributed by atoms with van der Waals surface area (Å²) in [6.07, 6.45) is 9.55. The van der Waals surface area contributed by atoms with Gasteiger partial charge in [0.05, 0.1) is 54.1 Å². The van der Waals surface area contributed by atoms with Crippen LogP contribution >= 0.6 is 0 Å². The molecule has 0 bridgehead atoms. The molecule has 4 aromatic rings. The molecule has 3 aromatic heterocycles. The van der Waals surface area contributed by atoms with Crippen LogP contribution in [0, 0.1) is 22.7 Å². The van der Waals surface area contributed by atoms with Crippen molar-refractivity contribution in [3.05, 3.63) is 72.4 Å². The molecule has 188 valence electrons. The zero-order valence-corrected chi connectivity index (χ0v) is 21.9. The minimum Gasteiger partial charge on any atom is -0.494 e. The smallest absolute Gasteiger partial charge is 0.145 e. The Morgan fingerprint density at radius 1 is 0.946 bits per heavy atom. The van der Waals surface area contributed by atoms with Gasteiger partial charge in [0, 0.05) is 17.3 Å². The molecule has 1 aromatic carbocycles. The summed E-state index contributed by atoms with van der Waals surface area (Å²) in [4.78, 5) is 11.3. The molecule has 0 unspecified atom stereocenters. The predicted octanol–water partition coefficient (Wildman–Crippen LogP) is 5.85. The number of fused-ring (bicyclic) bond motifs is 1. The van der Waals surface area contributed by atoms with E-state index in [1.807, 2.05) is 48.6 Å². The maximum absolute atomic E-state index is 9.40. The summed E-state index contributed by atoms with van der Waals surface area (Å²) in [7, 11) is 3.82. The van der Waals surface area contributed by atoms with Crippen LogP contribution in [-0.2, 0) is 5.41 Å². The molecular formula is C30H32N6O. The minimum absolute atomic E-state index is 0.598. The van der Waals surface area contributed by atoms with Crippen molar-refractivity contribution in [3.63, 3.8) is 0 Å². The molecule has 37 heavy (non-hydrogen) atoms. The van der Waals surface area contributed by atoms with E-state index in [0.29, 0.717) is 17.0 Å². The van der Waals surface area contributed by atoms with Gasteiger partial charge in [0.1, 0.15) is 11.3 Å². The lowest BCUT2D eigenvalue weighted by Gasteiger charge is -2.20. The second kappa shape index (κ2) is 11.2. The van der Waals surface area contributed by atoms with Crippen molar-refractivity contribution in [2.45, 2.75) is 38.5 Å². The summed E-state index contributed by atoms with van der Waals surface area (Å²) >= 11 is 0. The van der Waals surface area contributed by atoms with Gasteiger partial charge in [0.25, 0.3) is 0 Å². The molecule has 1 aliphatic rings. The monoisotopic (exact) mass is 492 g/mol. The fraction of sp³-hybridized carbons (Fsp3) is 0.333. The van der Waals surface area contributed by atoms with Crippen molar-refractivity contribution in [1.29, 1.82) is 10.5 Å². The maximum Gasteiger partial charge on any atom is 0.145 e. The number of imidazole rings is 1. The van der Waals surface area contributed by atoms with E-state index in [-0.39, 0.29) is 0 Å². The first kappa shape index (κ1) is 25.9. The van der Waals surface area contributed by atoms with Crippen LogP contribution in [0.25, 0.3) is 27.9 Å². The second-order valence-corrected chi connectivity index (χ2v) is 9.85. The molecule has 0 spiro atoms. The van der Waals surface area contributed by atoms with Crippen LogP contribution in [0.1, 0.15) is 44.4 Å². The lowest BCUT2D eigenvalue weighted by molar-refractivity contribution is 0.277. The molecule has 1 saturated heterocycles. The van der Waals surface area contributed by atoms with Crippen molar-refractivity contribution in [2.75, 3.05) is 27.2 Å². The van der Waals surface area contributed by atoms with Crippen LogP contribution < -0.4 is 4.74 Å². The van der Waals surface area contributed by atoms with Crippen LogP contribution in [0.2, 0.25) is 0 Å². The predicted molar refractivity (Wildman–Crippen MR) is 145 cm³/mol. The van der Waals surface area contributed by atoms with Gasteiger partial charge in [-0.2, -0.15) is 10.5 Å². The largest absolute Gasteiger partial charge is 0.494 e. The van der Waals surface area contributed by atoms with Gasteiger partial charge < -0.3 is 9.64 Å². The summed E-state index contributed by atoms with van der Waals surface area (Å²) in [6.45, 7) is 6.33. The normalized spacial score (nSPS) is 13.8. The minimum atomic E-state index is -0.668. The fourth-order valence-electron chi connectivity index (χ4n) is 4.47. The summed E-state index contributed by atoms with van der Waals surface area (Å²) in [5.74, 6) is 0.700. The third kappa shape index (κ3) is 5.63. The zero-order chi connectivity index (χ0) is 26.4. The number of rotatable bonds is 4. The highest BCUT2D eigenvalue weighted by molar-refractivity contribution is 5.86. The van der Waals surface area contributed by atoms with E-state index in [2.05, 4.69) is 34.1 Å². The number of pyridine rings is 2. The Kier molecular flexibility index (Phi) is 7.86. The lowest BCUT2D eigenvalue weighted by Crippen LogP contribution is -2.24. The standard InChI is InChI=1S/C24H19N5O.C6H13N/c1-24(2,14-26)22-9-8-18(12-28-22)23-19(17-6-4-16(11-25)5-7-17)10-21(30-3)20-13-27-15-29(20)23;1-7-5-3-2-4-6-7/h4-10,12-13,15H,1-3H3;2-6H2,1H3. The first-order chi connectivity index (χ1) is 17.9. The molecule has 7 heteroatoms. The topological polar surface area (TPSA) is 90.2 Å². The third-order valence-corrected chi connectivity index (χ3v) is 6.74. The number of aromatic nitrogens is 3. The third-order valence-electron chi connectivity index (χ3n) is 6.74. The van der Waals surface area contributed by atoms with Crippen molar-refractivity contribution in [2.24, 2.45) is 0 Å². The van der Waals surface area contributed by atoms with E-state index in [1.165, 1.54) is 32.4 Å². The van der Waals surface area contributed by atoms with Gasteiger partial charge >= 0.3 is 0 Å². The van der Waals surface area contributed by atoms with Crippen molar-refractivity contribution >= 4 is 5.52 Å². The van der Waals surface area contributed by atoms with E-state index in [1.54, 1.807) is 38.0 Å². The summed E-state index contributed by atoms with van der Waals surface area (Å²) < 4.78 is 7.57. The van der Waals surface area contributed by atoms with Crippen molar-refractivity contribution in [1.82, 2.24) is 19.3 Å². The van der Waals surface area contributed by atoms with Gasteiger partial charge in [-0.1, -0.05) is 18.6 Å². The molecule has 0 aliphatic carbocycles. The summed E-state index contributed by atoms with van der Waals surface area (Å²) in [6, 6.07) is 17.7. The SMILES string of the molecule is CN1CCCCC1.COc1cc(-c2ccc(C#N)cc2)c(-c2ccc(C(C)(C)C#N)nc2)n2cncc12. The number of piperidine rings is 1. The molecule has 1 fully saturated rings. The van der Waals surface area contributed by atoms with Gasteiger partial charge in [-0.15, -0.1) is 0 Å². The second-order valence-electron chi connectivity index (χ2n) is 9.85. The molecule has 0 N–H and O–H groups in total. The average Bonchev–Trinajstić information content (AvgIpc) is 3.43. The molecule has 0 radical (unpaired) electrons. The van der Waals surface area contributed by atoms with Crippen LogP contribution in [0.15, 0.2) is 61.2 Å². The quantitative estimate of drug-likeness (QED) is 0.355. The highest BCUT2D eigenvalue weighted by atomic mass is 16.5. The zero-order valence-electron chi connectivity index (χ0n) is 21.9. The lowest BCUT2D eigenvalue weighted by atomic mass is 9.90. The van der Waals surface area contributed by atoms with Gasteiger partial charge in [0.2, 0.25) is 0 Å². The van der Waals surface area contributed by atoms with Crippen LogP contribution in [0.3, 0.4) is 0 Å². The van der Waals surface area contributed by atoms with Crippen LogP contribution in [0.5, 0.6) is 5.75 Å². The van der Waals surface area contributed by atoms with Gasteiger partial charge in [-0.05, 0) is 82.7 Å². The van der Waals surface area contributed by atoms with Crippen molar-refractivity contribution < 1.29 is 4.74 Å². The number of hydrogen-bond donors (Lipinski definition) is 0. The van der Waals surface area contributed by atoms with Gasteiger partial charge in [0.15, 0.2) is 0 Å². The number of likely N-dealkylation sites (tertiary alicyclic amines) is 1. The van der Waals surface area contributed by atoms with Crippen LogP contribution in [0.4, 0.5) is 0 Å².